The predicted molar refractivity (Wildman–Crippen MR) is 182 cm³/mol. The molecule has 0 unspecified atom stereocenters. The zero-order valence-electron chi connectivity index (χ0n) is 27.0. The van der Waals surface area contributed by atoms with Crippen molar-refractivity contribution in [1.82, 2.24) is 4.72 Å². The number of carbonyl (C=O) groups is 1. The summed E-state index contributed by atoms with van der Waals surface area (Å²) in [7, 11) is -5.89. The summed E-state index contributed by atoms with van der Waals surface area (Å²) in [4.78, 5) is 15.6. The maximum Gasteiger partial charge on any atom is 0.264 e. The van der Waals surface area contributed by atoms with Crippen LogP contribution in [0.1, 0.15) is 67.4 Å². The third-order valence-corrected chi connectivity index (χ3v) is 13.2. The van der Waals surface area contributed by atoms with Gasteiger partial charge in [0.15, 0.2) is 9.84 Å². The van der Waals surface area contributed by atoms with Gasteiger partial charge in [0.2, 0.25) is 10.0 Å². The molecule has 0 aromatic heterocycles. The van der Waals surface area contributed by atoms with Crippen molar-refractivity contribution >= 4 is 43.1 Å². The Kier molecular flexibility index (Phi) is 10.5. The SMILES string of the molecule is CO[C@@]1(CS(C)(=O)=O)/C=C/C[C@H](C)[C@@H](C)S(=O)(=O)NC(=O)c2ccc3c(c2)N(CCCCc2cc(Cl)ccc2CO3)C[C@@H]2CC[C@H]21. The van der Waals surface area contributed by atoms with Crippen LogP contribution >= 0.6 is 11.6 Å². The van der Waals surface area contributed by atoms with Crippen LogP contribution in [0.4, 0.5) is 5.69 Å². The van der Waals surface area contributed by atoms with Gasteiger partial charge in [0.05, 0.1) is 16.7 Å². The number of methoxy groups -OCH3 is 1. The Hall–Kier alpha value is -2.60. The molecule has 0 radical (unpaired) electrons. The zero-order chi connectivity index (χ0) is 33.3. The second kappa shape index (κ2) is 13.9. The number of halogens is 1. The molecule has 5 rings (SSSR count). The molecule has 5 atom stereocenters. The van der Waals surface area contributed by atoms with Crippen LogP contribution < -0.4 is 14.4 Å². The van der Waals surface area contributed by atoms with E-state index in [-0.39, 0.29) is 29.1 Å². The van der Waals surface area contributed by atoms with Crippen LogP contribution in [0.2, 0.25) is 5.02 Å². The Bertz CT molecular complexity index is 1690. The number of nitrogens with zero attached hydrogens (tertiary/aromatic N) is 1. The summed E-state index contributed by atoms with van der Waals surface area (Å²) < 4.78 is 67.0. The molecule has 1 N–H and O–H groups in total. The molecule has 2 heterocycles. The maximum absolute atomic E-state index is 13.4. The normalized spacial score (nSPS) is 29.5. The molecule has 2 aromatic carbocycles. The Morgan fingerprint density at radius 3 is 2.59 bits per heavy atom. The van der Waals surface area contributed by atoms with Crippen LogP contribution in [0, 0.1) is 17.8 Å². The van der Waals surface area contributed by atoms with Crippen LogP contribution in [-0.2, 0) is 37.6 Å². The first-order valence-corrected chi connectivity index (χ1v) is 20.0. The average molecular weight is 693 g/mol. The molecule has 2 aliphatic heterocycles. The van der Waals surface area contributed by atoms with Crippen LogP contribution in [0.5, 0.6) is 5.75 Å². The predicted octanol–water partition coefficient (Wildman–Crippen LogP) is 5.56. The number of nitrogens with one attached hydrogen (secondary N) is 1. The number of ether oxygens (including phenoxy) is 2. The first-order valence-electron chi connectivity index (χ1n) is 16.0. The monoisotopic (exact) mass is 692 g/mol. The lowest BCUT2D eigenvalue weighted by atomic mass is 9.64. The molecule has 46 heavy (non-hydrogen) atoms. The van der Waals surface area contributed by atoms with Gasteiger partial charge in [-0.1, -0.05) is 36.7 Å². The van der Waals surface area contributed by atoms with Gasteiger partial charge >= 0.3 is 0 Å². The van der Waals surface area contributed by atoms with Crippen molar-refractivity contribution < 1.29 is 31.1 Å². The smallest absolute Gasteiger partial charge is 0.264 e. The highest BCUT2D eigenvalue weighted by molar-refractivity contribution is 7.91. The fourth-order valence-electron chi connectivity index (χ4n) is 7.02. The van der Waals surface area contributed by atoms with Crippen molar-refractivity contribution in [1.29, 1.82) is 0 Å². The van der Waals surface area contributed by atoms with Crippen molar-refractivity contribution in [2.24, 2.45) is 17.8 Å². The Morgan fingerprint density at radius 1 is 1.11 bits per heavy atom. The number of amides is 1. The summed E-state index contributed by atoms with van der Waals surface area (Å²) in [6, 6.07) is 10.9. The lowest BCUT2D eigenvalue weighted by Crippen LogP contribution is -2.54. The van der Waals surface area contributed by atoms with Crippen molar-refractivity contribution in [2.45, 2.75) is 69.8 Å². The fraction of sp³-hybridized carbons (Fsp3) is 0.559. The summed E-state index contributed by atoms with van der Waals surface area (Å²) in [5.74, 6) is -0.594. The van der Waals surface area contributed by atoms with Gasteiger partial charge in [-0.15, -0.1) is 0 Å². The minimum atomic E-state index is -4.02. The molecule has 3 aliphatic rings. The summed E-state index contributed by atoms with van der Waals surface area (Å²) in [6.07, 6.45) is 9.58. The summed E-state index contributed by atoms with van der Waals surface area (Å²) in [6.45, 7) is 4.95. The number of anilines is 1. The van der Waals surface area contributed by atoms with Crippen molar-refractivity contribution in [2.75, 3.05) is 37.1 Å². The molecule has 1 amide bonds. The largest absolute Gasteiger partial charge is 0.487 e. The molecule has 1 aliphatic carbocycles. The van der Waals surface area contributed by atoms with E-state index in [1.165, 1.54) is 6.26 Å². The lowest BCUT2D eigenvalue weighted by molar-refractivity contribution is -0.0595. The fourth-order valence-corrected chi connectivity index (χ4v) is 9.75. The third kappa shape index (κ3) is 7.75. The van der Waals surface area contributed by atoms with Gasteiger partial charge < -0.3 is 14.4 Å². The number of aryl methyl sites for hydroxylation is 1. The molecule has 2 aromatic rings. The summed E-state index contributed by atoms with van der Waals surface area (Å²) in [5, 5.41) is -0.208. The minimum Gasteiger partial charge on any atom is -0.487 e. The molecule has 1 saturated carbocycles. The van der Waals surface area contributed by atoms with E-state index < -0.39 is 36.6 Å². The second-order valence-electron chi connectivity index (χ2n) is 13.3. The van der Waals surface area contributed by atoms with Crippen molar-refractivity contribution in [3.8, 4) is 5.75 Å². The quantitative estimate of drug-likeness (QED) is 0.416. The van der Waals surface area contributed by atoms with Gasteiger partial charge in [-0.05, 0) is 105 Å². The van der Waals surface area contributed by atoms with Crippen LogP contribution in [0.25, 0.3) is 0 Å². The highest BCUT2D eigenvalue weighted by atomic mass is 35.5. The Labute approximate surface area is 278 Å². The van der Waals surface area contributed by atoms with Crippen LogP contribution in [0.15, 0.2) is 48.6 Å². The third-order valence-electron chi connectivity index (χ3n) is 10.0. The molecule has 9 nitrogen and oxygen atoms in total. The molecule has 2 bridgehead atoms. The lowest BCUT2D eigenvalue weighted by Gasteiger charge is -2.49. The van der Waals surface area contributed by atoms with Gasteiger partial charge in [-0.3, -0.25) is 4.79 Å². The molecule has 1 fully saturated rings. The Balaban J connectivity index is 1.60. The van der Waals surface area contributed by atoms with E-state index in [0.29, 0.717) is 42.6 Å². The second-order valence-corrected chi connectivity index (χ2v) is 17.9. The van der Waals surface area contributed by atoms with E-state index in [4.69, 9.17) is 21.1 Å². The van der Waals surface area contributed by atoms with Crippen molar-refractivity contribution in [3.63, 3.8) is 0 Å². The van der Waals surface area contributed by atoms with Gasteiger partial charge in [-0.25, -0.2) is 21.6 Å². The summed E-state index contributed by atoms with van der Waals surface area (Å²) >= 11 is 6.33. The first kappa shape index (κ1) is 34.7. The van der Waals surface area contributed by atoms with Crippen LogP contribution in [0.3, 0.4) is 0 Å². The van der Waals surface area contributed by atoms with E-state index in [1.807, 2.05) is 30.4 Å². The van der Waals surface area contributed by atoms with E-state index >= 15 is 0 Å². The van der Waals surface area contributed by atoms with E-state index in [0.717, 1.165) is 43.2 Å². The molecular formula is C34H45ClN2O7S2. The number of fused-ring (bicyclic) bond motifs is 3. The Morgan fingerprint density at radius 2 is 1.89 bits per heavy atom. The maximum atomic E-state index is 13.4. The topological polar surface area (TPSA) is 119 Å². The minimum absolute atomic E-state index is 0.0757. The van der Waals surface area contributed by atoms with Gasteiger partial charge in [-0.2, -0.15) is 0 Å². The first-order chi connectivity index (χ1) is 21.7. The van der Waals surface area contributed by atoms with E-state index in [1.54, 1.807) is 39.2 Å². The molecule has 0 saturated heterocycles. The van der Waals surface area contributed by atoms with Gasteiger partial charge in [0, 0.05) is 37.0 Å². The van der Waals surface area contributed by atoms with E-state index in [9.17, 15) is 21.6 Å². The molecule has 252 valence electrons. The number of hydrogen-bond donors (Lipinski definition) is 1. The standard InChI is InChI=1S/C34H45ClN2O7S2/c1-23-8-7-16-34(43-3,22-45(4,39)40)30-14-11-27(30)20-37-17-6-5-9-25-18-29(35)13-10-28(25)21-44-32-15-12-26(19-31(32)37)33(38)36-46(41,42)24(23)2/h7,10,12-13,15-16,18-19,23-24,27,30H,5-6,8-9,11,14,17,20-22H2,1-4H3,(H,36,38)/b16-7+/t23-,24+,27-,30+,34+/m0/s1. The molecule has 12 heteroatoms. The number of carbonyl (C=O) groups excluding carboxylic acids is 1. The van der Waals surface area contributed by atoms with E-state index in [2.05, 4.69) is 9.62 Å². The van der Waals surface area contributed by atoms with Gasteiger partial charge in [0.25, 0.3) is 5.91 Å². The number of hydrogen-bond acceptors (Lipinski definition) is 8. The summed E-state index contributed by atoms with van der Waals surface area (Å²) in [5.41, 5.74) is 2.03. The van der Waals surface area contributed by atoms with Gasteiger partial charge in [0.1, 0.15) is 18.0 Å². The van der Waals surface area contributed by atoms with Crippen LogP contribution in [-0.4, -0.2) is 65.8 Å². The zero-order valence-corrected chi connectivity index (χ0v) is 29.4. The number of rotatable bonds is 3. The molecule has 0 spiro atoms. The highest BCUT2D eigenvalue weighted by Gasteiger charge is 2.49. The number of sulfone groups is 1. The number of allylic oxidation sites excluding steroid dienone is 1. The number of benzene rings is 2. The highest BCUT2D eigenvalue weighted by Crippen LogP contribution is 2.47. The number of sulfonamides is 1. The average Bonchev–Trinajstić information content (AvgIpc) is 3.00. The van der Waals surface area contributed by atoms with Crippen molar-refractivity contribution in [3.05, 3.63) is 70.3 Å². The molecular weight excluding hydrogens is 648 g/mol.